The van der Waals surface area contributed by atoms with Crippen LogP contribution in [0, 0.1) is 5.92 Å². The lowest BCUT2D eigenvalue weighted by molar-refractivity contribution is -0.0874. The summed E-state index contributed by atoms with van der Waals surface area (Å²) in [5.41, 5.74) is 5.91. The summed E-state index contributed by atoms with van der Waals surface area (Å²) in [4.78, 5) is 2.50. The second-order valence-electron chi connectivity index (χ2n) is 5.76. The van der Waals surface area contributed by atoms with Gasteiger partial charge in [0, 0.05) is 24.9 Å². The van der Waals surface area contributed by atoms with Gasteiger partial charge in [0.05, 0.1) is 5.60 Å². The standard InChI is InChI=1S/C13H26N2OS/c1-11(8-14)9-15(2)12-3-5-16-13(7-12)4-6-17-10-13/h11-12H,3-10,14H2,1-2H3. The Hall–Kier alpha value is 0.230. The van der Waals surface area contributed by atoms with Crippen LogP contribution in [0.4, 0.5) is 0 Å². The summed E-state index contributed by atoms with van der Waals surface area (Å²) < 4.78 is 6.07. The van der Waals surface area contributed by atoms with Gasteiger partial charge in [0.25, 0.3) is 0 Å². The van der Waals surface area contributed by atoms with Crippen molar-refractivity contribution >= 4 is 11.8 Å². The molecular formula is C13H26N2OS. The molecule has 0 aromatic rings. The Morgan fingerprint density at radius 2 is 2.41 bits per heavy atom. The molecule has 4 heteroatoms. The molecule has 0 amide bonds. The van der Waals surface area contributed by atoms with Gasteiger partial charge in [0.15, 0.2) is 0 Å². The zero-order valence-corrected chi connectivity index (χ0v) is 12.0. The first-order chi connectivity index (χ1) is 8.15. The molecule has 0 aromatic heterocycles. The first-order valence-corrected chi connectivity index (χ1v) is 7.93. The maximum absolute atomic E-state index is 6.07. The Kier molecular flexibility index (Phi) is 4.75. The van der Waals surface area contributed by atoms with Crippen molar-refractivity contribution < 1.29 is 4.74 Å². The van der Waals surface area contributed by atoms with Crippen LogP contribution >= 0.6 is 11.8 Å². The molecule has 0 saturated carbocycles. The van der Waals surface area contributed by atoms with E-state index in [0.29, 0.717) is 12.0 Å². The molecule has 17 heavy (non-hydrogen) atoms. The molecule has 2 heterocycles. The predicted molar refractivity (Wildman–Crippen MR) is 74.5 cm³/mol. The third-order valence-electron chi connectivity index (χ3n) is 4.16. The molecule has 2 saturated heterocycles. The molecule has 0 aliphatic carbocycles. The highest BCUT2D eigenvalue weighted by atomic mass is 32.2. The van der Waals surface area contributed by atoms with E-state index in [0.717, 1.165) is 19.7 Å². The summed E-state index contributed by atoms with van der Waals surface area (Å²) in [7, 11) is 2.25. The maximum Gasteiger partial charge on any atom is 0.0795 e. The Balaban J connectivity index is 1.88. The van der Waals surface area contributed by atoms with Gasteiger partial charge >= 0.3 is 0 Å². The number of thioether (sulfide) groups is 1. The van der Waals surface area contributed by atoms with Crippen LogP contribution in [0.25, 0.3) is 0 Å². The third-order valence-corrected chi connectivity index (χ3v) is 5.38. The van der Waals surface area contributed by atoms with Gasteiger partial charge in [-0.25, -0.2) is 0 Å². The zero-order chi connectivity index (χ0) is 12.3. The predicted octanol–water partition coefficient (Wildman–Crippen LogP) is 1.57. The van der Waals surface area contributed by atoms with E-state index in [-0.39, 0.29) is 5.60 Å². The van der Waals surface area contributed by atoms with Crippen molar-refractivity contribution in [2.75, 3.05) is 38.2 Å². The summed E-state index contributed by atoms with van der Waals surface area (Å²) in [6.07, 6.45) is 3.64. The Morgan fingerprint density at radius 3 is 3.06 bits per heavy atom. The molecule has 3 nitrogen and oxygen atoms in total. The quantitative estimate of drug-likeness (QED) is 0.831. The molecule has 2 rings (SSSR count). The van der Waals surface area contributed by atoms with Crippen LogP contribution in [0.3, 0.4) is 0 Å². The first-order valence-electron chi connectivity index (χ1n) is 6.77. The molecule has 3 atom stereocenters. The van der Waals surface area contributed by atoms with Crippen molar-refractivity contribution in [2.24, 2.45) is 11.7 Å². The van der Waals surface area contributed by atoms with Crippen molar-refractivity contribution in [3.63, 3.8) is 0 Å². The van der Waals surface area contributed by atoms with Crippen LogP contribution in [0.1, 0.15) is 26.2 Å². The van der Waals surface area contributed by atoms with E-state index in [1.807, 2.05) is 11.8 Å². The van der Waals surface area contributed by atoms with E-state index >= 15 is 0 Å². The number of hydrogen-bond donors (Lipinski definition) is 1. The van der Waals surface area contributed by atoms with Crippen LogP contribution in [-0.2, 0) is 4.74 Å². The summed E-state index contributed by atoms with van der Waals surface area (Å²) >= 11 is 2.05. The maximum atomic E-state index is 6.07. The van der Waals surface area contributed by atoms with Gasteiger partial charge in [0.2, 0.25) is 0 Å². The van der Waals surface area contributed by atoms with Gasteiger partial charge in [-0.05, 0) is 44.5 Å². The number of rotatable bonds is 4. The fourth-order valence-corrected chi connectivity index (χ4v) is 4.33. The lowest BCUT2D eigenvalue weighted by atomic mass is 9.89. The van der Waals surface area contributed by atoms with Gasteiger partial charge in [0.1, 0.15) is 0 Å². The van der Waals surface area contributed by atoms with Crippen molar-refractivity contribution in [3.8, 4) is 0 Å². The second-order valence-corrected chi connectivity index (χ2v) is 6.87. The minimum Gasteiger partial charge on any atom is -0.374 e. The molecular weight excluding hydrogens is 232 g/mol. The Morgan fingerprint density at radius 1 is 1.59 bits per heavy atom. The normalized spacial score (nSPS) is 35.6. The van der Waals surface area contributed by atoms with Crippen molar-refractivity contribution in [2.45, 2.75) is 37.8 Å². The zero-order valence-electron chi connectivity index (χ0n) is 11.2. The molecule has 100 valence electrons. The van der Waals surface area contributed by atoms with E-state index in [1.165, 1.54) is 30.8 Å². The molecule has 3 unspecified atom stereocenters. The smallest absolute Gasteiger partial charge is 0.0795 e. The molecule has 2 aliphatic heterocycles. The summed E-state index contributed by atoms with van der Waals surface area (Å²) in [6.45, 7) is 5.07. The second kappa shape index (κ2) is 5.91. The highest BCUT2D eigenvalue weighted by molar-refractivity contribution is 7.99. The molecule has 1 spiro atoms. The fraction of sp³-hybridized carbons (Fsp3) is 1.00. The topological polar surface area (TPSA) is 38.5 Å². The lowest BCUT2D eigenvalue weighted by Gasteiger charge is -2.42. The van der Waals surface area contributed by atoms with Crippen LogP contribution in [-0.4, -0.2) is 54.8 Å². The van der Waals surface area contributed by atoms with Gasteiger partial charge in [-0.15, -0.1) is 0 Å². The Bertz CT molecular complexity index is 244. The van der Waals surface area contributed by atoms with E-state index in [9.17, 15) is 0 Å². The van der Waals surface area contributed by atoms with Gasteiger partial charge in [-0.2, -0.15) is 11.8 Å². The van der Waals surface area contributed by atoms with Crippen molar-refractivity contribution in [1.82, 2.24) is 4.90 Å². The van der Waals surface area contributed by atoms with E-state index < -0.39 is 0 Å². The molecule has 2 N–H and O–H groups in total. The van der Waals surface area contributed by atoms with Crippen molar-refractivity contribution in [3.05, 3.63) is 0 Å². The van der Waals surface area contributed by atoms with Crippen LogP contribution in [0.5, 0.6) is 0 Å². The average molecular weight is 258 g/mol. The van der Waals surface area contributed by atoms with Gasteiger partial charge < -0.3 is 15.4 Å². The van der Waals surface area contributed by atoms with E-state index in [1.54, 1.807) is 0 Å². The van der Waals surface area contributed by atoms with Gasteiger partial charge in [-0.1, -0.05) is 6.92 Å². The monoisotopic (exact) mass is 258 g/mol. The van der Waals surface area contributed by atoms with Crippen LogP contribution in [0.15, 0.2) is 0 Å². The SMILES string of the molecule is CC(CN)CN(C)C1CCOC2(CCSC2)C1. The Labute approximate surface area is 109 Å². The molecule has 2 fully saturated rings. The summed E-state index contributed by atoms with van der Waals surface area (Å²) in [6, 6.07) is 0.691. The average Bonchev–Trinajstić information content (AvgIpc) is 2.77. The minimum atomic E-state index is 0.202. The number of nitrogens with two attached hydrogens (primary N) is 1. The number of ether oxygens (including phenoxy) is 1. The van der Waals surface area contributed by atoms with Crippen LogP contribution in [0.2, 0.25) is 0 Å². The molecule has 0 bridgehead atoms. The molecule has 0 aromatic carbocycles. The highest BCUT2D eigenvalue weighted by Crippen LogP contribution is 2.39. The first kappa shape index (κ1) is 13.7. The summed E-state index contributed by atoms with van der Waals surface area (Å²) in [5, 5.41) is 0. The number of hydrogen-bond acceptors (Lipinski definition) is 4. The van der Waals surface area contributed by atoms with Crippen molar-refractivity contribution in [1.29, 1.82) is 0 Å². The number of nitrogens with zero attached hydrogens (tertiary/aromatic N) is 1. The largest absolute Gasteiger partial charge is 0.374 e. The lowest BCUT2D eigenvalue weighted by Crippen LogP contribution is -2.49. The molecule has 0 radical (unpaired) electrons. The van der Waals surface area contributed by atoms with Gasteiger partial charge in [-0.3, -0.25) is 0 Å². The summed E-state index contributed by atoms with van der Waals surface area (Å²) in [5.74, 6) is 3.07. The minimum absolute atomic E-state index is 0.202. The fourth-order valence-electron chi connectivity index (χ4n) is 2.96. The van der Waals surface area contributed by atoms with E-state index in [4.69, 9.17) is 10.5 Å². The van der Waals surface area contributed by atoms with E-state index in [2.05, 4.69) is 18.9 Å². The highest BCUT2D eigenvalue weighted by Gasteiger charge is 2.41. The third kappa shape index (κ3) is 3.37. The molecule has 2 aliphatic rings. The van der Waals surface area contributed by atoms with Crippen LogP contribution < -0.4 is 5.73 Å².